The number of fused-ring (bicyclic) bond motifs is 1. The number of nitriles is 1. The molecule has 1 saturated carbocycles. The average Bonchev–Trinajstić information content (AvgIpc) is 2.91. The van der Waals surface area contributed by atoms with Gasteiger partial charge in [-0.25, -0.2) is 4.79 Å². The molecule has 1 aromatic carbocycles. The molecule has 1 aromatic rings. The van der Waals surface area contributed by atoms with Crippen LogP contribution in [-0.4, -0.2) is 47.6 Å². The van der Waals surface area contributed by atoms with Gasteiger partial charge >= 0.3 is 5.97 Å². The molecule has 0 unspecified atom stereocenters. The molecule has 1 N–H and O–H groups in total. The molecule has 0 aromatic heterocycles. The van der Waals surface area contributed by atoms with Crippen LogP contribution in [-0.2, 0) is 14.3 Å². The predicted molar refractivity (Wildman–Crippen MR) is 105 cm³/mol. The molecule has 0 bridgehead atoms. The third-order valence-electron chi connectivity index (χ3n) is 5.31. The number of amides is 2. The third kappa shape index (κ3) is 4.30. The maximum absolute atomic E-state index is 12.5. The van der Waals surface area contributed by atoms with Crippen molar-refractivity contribution in [2.75, 3.05) is 24.7 Å². The maximum atomic E-state index is 12.5. The van der Waals surface area contributed by atoms with Crippen LogP contribution in [0.5, 0.6) is 0 Å². The largest absolute Gasteiger partial charge is 0.452 e. The van der Waals surface area contributed by atoms with E-state index in [0.717, 1.165) is 24.2 Å². The first kappa shape index (κ1) is 20.2. The van der Waals surface area contributed by atoms with Crippen molar-refractivity contribution in [1.29, 1.82) is 5.26 Å². The molecular formula is C20H23N3O4S. The van der Waals surface area contributed by atoms with Gasteiger partial charge in [0, 0.05) is 24.1 Å². The van der Waals surface area contributed by atoms with Gasteiger partial charge in [0.2, 0.25) is 5.91 Å². The Morgan fingerprint density at radius 2 is 2.07 bits per heavy atom. The molecule has 8 heteroatoms. The van der Waals surface area contributed by atoms with Crippen LogP contribution in [0.4, 0.5) is 5.69 Å². The van der Waals surface area contributed by atoms with Crippen LogP contribution in [0, 0.1) is 11.3 Å². The minimum absolute atomic E-state index is 0.0946. The molecule has 0 spiro atoms. The number of nitrogens with one attached hydrogen (secondary N) is 1. The van der Waals surface area contributed by atoms with E-state index in [0.29, 0.717) is 30.7 Å². The van der Waals surface area contributed by atoms with Crippen molar-refractivity contribution in [1.82, 2.24) is 4.90 Å². The number of carbonyl (C=O) groups is 3. The summed E-state index contributed by atoms with van der Waals surface area (Å²) in [5.41, 5.74) is 0.0357. The van der Waals surface area contributed by atoms with Crippen LogP contribution in [0.1, 0.15) is 48.9 Å². The van der Waals surface area contributed by atoms with Crippen molar-refractivity contribution >= 4 is 35.2 Å². The lowest BCUT2D eigenvalue weighted by atomic mass is 9.81. The Morgan fingerprint density at radius 1 is 1.32 bits per heavy atom. The Kier molecular flexibility index (Phi) is 6.25. The average molecular weight is 401 g/mol. The smallest absolute Gasteiger partial charge is 0.338 e. The molecular weight excluding hydrogens is 378 g/mol. The fourth-order valence-corrected chi connectivity index (χ4v) is 4.49. The van der Waals surface area contributed by atoms with E-state index < -0.39 is 24.0 Å². The highest BCUT2D eigenvalue weighted by Gasteiger charge is 2.39. The number of benzene rings is 1. The van der Waals surface area contributed by atoms with E-state index >= 15 is 0 Å². The van der Waals surface area contributed by atoms with Gasteiger partial charge in [0.1, 0.15) is 5.54 Å². The van der Waals surface area contributed by atoms with Gasteiger partial charge in [-0.1, -0.05) is 19.3 Å². The van der Waals surface area contributed by atoms with Crippen molar-refractivity contribution in [2.24, 2.45) is 0 Å². The fraction of sp³-hybridized carbons (Fsp3) is 0.500. The maximum Gasteiger partial charge on any atom is 0.338 e. The lowest BCUT2D eigenvalue weighted by Gasteiger charge is -2.38. The number of anilines is 1. The second kappa shape index (κ2) is 8.65. The highest BCUT2D eigenvalue weighted by Crippen LogP contribution is 2.33. The molecule has 148 valence electrons. The summed E-state index contributed by atoms with van der Waals surface area (Å²) in [7, 11) is 1.60. The van der Waals surface area contributed by atoms with E-state index in [1.54, 1.807) is 37.0 Å². The standard InChI is InChI=1S/C20H23N3O4S/c1-23(20(13-21)8-3-2-4-9-20)18(25)12-27-19(26)14-5-6-16-15(11-14)22-17(24)7-10-28-16/h5-6,11H,2-4,7-10,12H2,1H3,(H,22,24). The van der Waals surface area contributed by atoms with Crippen LogP contribution in [0.3, 0.4) is 0 Å². The highest BCUT2D eigenvalue weighted by atomic mass is 32.2. The number of rotatable bonds is 4. The summed E-state index contributed by atoms with van der Waals surface area (Å²) >= 11 is 1.55. The molecule has 1 aliphatic carbocycles. The van der Waals surface area contributed by atoms with Gasteiger partial charge in [0.25, 0.3) is 5.91 Å². The highest BCUT2D eigenvalue weighted by molar-refractivity contribution is 7.99. The van der Waals surface area contributed by atoms with E-state index in [4.69, 9.17) is 4.74 Å². The summed E-state index contributed by atoms with van der Waals surface area (Å²) < 4.78 is 5.18. The molecule has 28 heavy (non-hydrogen) atoms. The van der Waals surface area contributed by atoms with Crippen LogP contribution >= 0.6 is 11.8 Å². The quantitative estimate of drug-likeness (QED) is 0.779. The van der Waals surface area contributed by atoms with Gasteiger partial charge < -0.3 is 15.0 Å². The van der Waals surface area contributed by atoms with Crippen molar-refractivity contribution in [2.45, 2.75) is 49.0 Å². The predicted octanol–water partition coefficient (Wildman–Crippen LogP) is 2.96. The summed E-state index contributed by atoms with van der Waals surface area (Å²) in [4.78, 5) is 38.9. The lowest BCUT2D eigenvalue weighted by Crippen LogP contribution is -2.51. The molecule has 1 fully saturated rings. The van der Waals surface area contributed by atoms with Gasteiger partial charge in [0.15, 0.2) is 6.61 Å². The van der Waals surface area contributed by atoms with Crippen molar-refractivity contribution in [3.05, 3.63) is 23.8 Å². The normalized spacial score (nSPS) is 18.1. The second-order valence-corrected chi connectivity index (χ2v) is 8.23. The fourth-order valence-electron chi connectivity index (χ4n) is 3.55. The zero-order chi connectivity index (χ0) is 20.1. The molecule has 3 rings (SSSR count). The van der Waals surface area contributed by atoms with Crippen molar-refractivity contribution in [3.63, 3.8) is 0 Å². The number of carbonyl (C=O) groups excluding carboxylic acids is 3. The number of hydrogen-bond donors (Lipinski definition) is 1. The number of ether oxygens (including phenoxy) is 1. The molecule has 0 atom stereocenters. The van der Waals surface area contributed by atoms with E-state index in [9.17, 15) is 19.6 Å². The number of likely N-dealkylation sites (N-methyl/N-ethyl adjacent to an activating group) is 1. The number of thioether (sulfide) groups is 1. The Balaban J connectivity index is 1.63. The minimum atomic E-state index is -0.812. The van der Waals surface area contributed by atoms with E-state index in [2.05, 4.69) is 11.4 Å². The summed E-state index contributed by atoms with van der Waals surface area (Å²) in [5, 5.41) is 12.4. The van der Waals surface area contributed by atoms with Gasteiger partial charge in [-0.3, -0.25) is 9.59 Å². The molecule has 2 amide bonds. The van der Waals surface area contributed by atoms with Crippen LogP contribution in [0.2, 0.25) is 0 Å². The molecule has 2 aliphatic rings. The lowest BCUT2D eigenvalue weighted by molar-refractivity contribution is -0.138. The van der Waals surface area contributed by atoms with Gasteiger partial charge in [0.05, 0.1) is 17.3 Å². The monoisotopic (exact) mass is 401 g/mol. The van der Waals surface area contributed by atoms with E-state index in [1.165, 1.54) is 4.90 Å². The van der Waals surface area contributed by atoms with Crippen LogP contribution < -0.4 is 5.32 Å². The molecule has 0 radical (unpaired) electrons. The van der Waals surface area contributed by atoms with Crippen molar-refractivity contribution < 1.29 is 19.1 Å². The Hall–Kier alpha value is -2.53. The summed E-state index contributed by atoms with van der Waals surface area (Å²) in [6, 6.07) is 7.24. The first-order valence-electron chi connectivity index (χ1n) is 9.37. The SMILES string of the molecule is CN(C(=O)COC(=O)c1ccc2c(c1)NC(=O)CCS2)C1(C#N)CCCCC1. The molecule has 0 saturated heterocycles. The summed E-state index contributed by atoms with van der Waals surface area (Å²) in [5.74, 6) is -0.439. The Morgan fingerprint density at radius 3 is 2.79 bits per heavy atom. The zero-order valence-corrected chi connectivity index (χ0v) is 16.6. The third-order valence-corrected chi connectivity index (χ3v) is 6.38. The Labute approximate surface area is 168 Å². The molecule has 1 aliphatic heterocycles. The van der Waals surface area contributed by atoms with Gasteiger partial charge in [-0.2, -0.15) is 5.26 Å². The van der Waals surface area contributed by atoms with Crippen LogP contribution in [0.25, 0.3) is 0 Å². The number of hydrogen-bond acceptors (Lipinski definition) is 6. The number of esters is 1. The topological polar surface area (TPSA) is 99.5 Å². The molecule has 7 nitrogen and oxygen atoms in total. The zero-order valence-electron chi connectivity index (χ0n) is 15.8. The summed E-state index contributed by atoms with van der Waals surface area (Å²) in [6.07, 6.45) is 4.58. The van der Waals surface area contributed by atoms with E-state index in [-0.39, 0.29) is 11.5 Å². The van der Waals surface area contributed by atoms with Crippen molar-refractivity contribution in [3.8, 4) is 6.07 Å². The molecule has 1 heterocycles. The Bertz CT molecular complexity index is 827. The minimum Gasteiger partial charge on any atom is -0.452 e. The van der Waals surface area contributed by atoms with E-state index in [1.807, 2.05) is 0 Å². The van der Waals surface area contributed by atoms with Gasteiger partial charge in [-0.15, -0.1) is 11.8 Å². The number of nitrogens with zero attached hydrogens (tertiary/aromatic N) is 2. The first-order chi connectivity index (χ1) is 13.4. The van der Waals surface area contributed by atoms with Gasteiger partial charge in [-0.05, 0) is 31.0 Å². The first-order valence-corrected chi connectivity index (χ1v) is 10.4. The summed E-state index contributed by atoms with van der Waals surface area (Å²) in [6.45, 7) is -0.420. The van der Waals surface area contributed by atoms with Crippen LogP contribution in [0.15, 0.2) is 23.1 Å². The second-order valence-electron chi connectivity index (χ2n) is 7.09.